The van der Waals surface area contributed by atoms with E-state index in [1.807, 2.05) is 30.3 Å². The molecule has 0 saturated carbocycles. The molecule has 1 unspecified atom stereocenters. The Morgan fingerprint density at radius 1 is 1.27 bits per heavy atom. The van der Waals surface area contributed by atoms with Crippen molar-refractivity contribution in [2.45, 2.75) is 25.5 Å². The molecule has 1 saturated heterocycles. The number of urea groups is 1. The molecule has 0 spiro atoms. The van der Waals surface area contributed by atoms with Gasteiger partial charge in [0.15, 0.2) is 5.13 Å². The Hall–Kier alpha value is -2.71. The van der Waals surface area contributed by atoms with Crippen LogP contribution in [0.1, 0.15) is 12.8 Å². The maximum Gasteiger partial charge on any atom is 0.325 e. The van der Waals surface area contributed by atoms with Crippen LogP contribution in [-0.2, 0) is 11.3 Å². The number of anilines is 2. The summed E-state index contributed by atoms with van der Waals surface area (Å²) in [6.07, 6.45) is 7.55. The number of hydrogen-bond donors (Lipinski definition) is 2. The largest absolute Gasteiger partial charge is 0.376 e. The molecular weight excluding hydrogens is 350 g/mol. The molecule has 134 valence electrons. The van der Waals surface area contributed by atoms with Crippen LogP contribution in [0.3, 0.4) is 0 Å². The molecule has 1 aromatic carbocycles. The van der Waals surface area contributed by atoms with Gasteiger partial charge in [-0.15, -0.1) is 0 Å². The lowest BCUT2D eigenvalue weighted by Crippen LogP contribution is -2.19. The third kappa shape index (κ3) is 4.09. The second-order valence-electron chi connectivity index (χ2n) is 6.06. The molecule has 2 N–H and O–H groups in total. The van der Waals surface area contributed by atoms with Gasteiger partial charge in [-0.3, -0.25) is 10.00 Å². The number of ether oxygens (including phenoxy) is 1. The van der Waals surface area contributed by atoms with Gasteiger partial charge in [-0.25, -0.2) is 9.78 Å². The van der Waals surface area contributed by atoms with Crippen molar-refractivity contribution in [3.63, 3.8) is 0 Å². The van der Waals surface area contributed by atoms with E-state index < -0.39 is 0 Å². The number of hydrogen-bond acceptors (Lipinski definition) is 5. The van der Waals surface area contributed by atoms with Crippen LogP contribution in [0, 0.1) is 0 Å². The first-order chi connectivity index (χ1) is 12.8. The molecule has 0 bridgehead atoms. The van der Waals surface area contributed by atoms with Crippen LogP contribution in [0.2, 0.25) is 0 Å². The number of benzene rings is 1. The fourth-order valence-electron chi connectivity index (χ4n) is 2.85. The molecule has 2 amide bonds. The standard InChI is InChI=1S/C18H19N5O2S/c24-17(21-14-9-20-23(11-14)12-15-7-4-8-25-15)22-18-19-10-16(26-18)13-5-2-1-3-6-13/h1-3,5-6,9-11,15H,4,7-8,12H2,(H2,19,21,22,24). The first kappa shape index (κ1) is 16.7. The number of amides is 2. The summed E-state index contributed by atoms with van der Waals surface area (Å²) in [5.41, 5.74) is 1.72. The lowest BCUT2D eigenvalue weighted by atomic mass is 10.2. The minimum Gasteiger partial charge on any atom is -0.376 e. The number of rotatable bonds is 5. The van der Waals surface area contributed by atoms with E-state index in [9.17, 15) is 4.79 Å². The Kier molecular flexibility index (Phi) is 4.94. The fourth-order valence-corrected chi connectivity index (χ4v) is 3.67. The molecule has 3 heterocycles. The van der Waals surface area contributed by atoms with Crippen LogP contribution >= 0.6 is 11.3 Å². The summed E-state index contributed by atoms with van der Waals surface area (Å²) in [6, 6.07) is 9.61. The van der Waals surface area contributed by atoms with Gasteiger partial charge in [-0.2, -0.15) is 5.10 Å². The molecule has 0 aliphatic carbocycles. The molecule has 7 nitrogen and oxygen atoms in total. The summed E-state index contributed by atoms with van der Waals surface area (Å²) in [4.78, 5) is 17.4. The molecule has 4 rings (SSSR count). The summed E-state index contributed by atoms with van der Waals surface area (Å²) in [5.74, 6) is 0. The minimum absolute atomic E-state index is 0.211. The van der Waals surface area contributed by atoms with Gasteiger partial charge in [0.25, 0.3) is 0 Å². The van der Waals surface area contributed by atoms with Crippen molar-refractivity contribution in [3.05, 3.63) is 48.9 Å². The molecule has 1 atom stereocenters. The third-order valence-corrected chi connectivity index (χ3v) is 5.05. The van der Waals surface area contributed by atoms with Crippen molar-refractivity contribution in [2.75, 3.05) is 17.2 Å². The monoisotopic (exact) mass is 369 g/mol. The zero-order chi connectivity index (χ0) is 17.8. The van der Waals surface area contributed by atoms with E-state index in [0.717, 1.165) is 29.9 Å². The van der Waals surface area contributed by atoms with Gasteiger partial charge in [0.05, 0.1) is 29.4 Å². The molecular formula is C18H19N5O2S. The van der Waals surface area contributed by atoms with Crippen molar-refractivity contribution in [2.24, 2.45) is 0 Å². The van der Waals surface area contributed by atoms with E-state index in [1.54, 1.807) is 23.3 Å². The Balaban J connectivity index is 1.33. The second kappa shape index (κ2) is 7.67. The molecule has 2 aromatic heterocycles. The molecule has 3 aromatic rings. The van der Waals surface area contributed by atoms with E-state index in [1.165, 1.54) is 11.3 Å². The summed E-state index contributed by atoms with van der Waals surface area (Å²) in [6.45, 7) is 1.52. The fraction of sp³-hybridized carbons (Fsp3) is 0.278. The minimum atomic E-state index is -0.337. The highest BCUT2D eigenvalue weighted by Gasteiger charge is 2.16. The molecule has 26 heavy (non-hydrogen) atoms. The lowest BCUT2D eigenvalue weighted by Gasteiger charge is -2.08. The van der Waals surface area contributed by atoms with E-state index in [2.05, 4.69) is 20.7 Å². The Morgan fingerprint density at radius 2 is 2.15 bits per heavy atom. The maximum atomic E-state index is 12.2. The molecule has 1 aliphatic rings. The zero-order valence-electron chi connectivity index (χ0n) is 14.1. The van der Waals surface area contributed by atoms with E-state index >= 15 is 0 Å². The number of carbonyl (C=O) groups excluding carboxylic acids is 1. The summed E-state index contributed by atoms with van der Waals surface area (Å²) in [5, 5.41) is 10.3. The highest BCUT2D eigenvalue weighted by Crippen LogP contribution is 2.28. The van der Waals surface area contributed by atoms with Crippen LogP contribution < -0.4 is 10.6 Å². The number of nitrogens with one attached hydrogen (secondary N) is 2. The van der Waals surface area contributed by atoms with Gasteiger partial charge < -0.3 is 10.1 Å². The topological polar surface area (TPSA) is 81.1 Å². The Labute approximate surface area is 155 Å². The third-order valence-electron chi connectivity index (χ3n) is 4.09. The van der Waals surface area contributed by atoms with Gasteiger partial charge in [0, 0.05) is 19.0 Å². The highest BCUT2D eigenvalue weighted by molar-refractivity contribution is 7.19. The van der Waals surface area contributed by atoms with Crippen molar-refractivity contribution < 1.29 is 9.53 Å². The maximum absolute atomic E-state index is 12.2. The summed E-state index contributed by atoms with van der Waals surface area (Å²) >= 11 is 1.43. The highest BCUT2D eigenvalue weighted by atomic mass is 32.1. The number of thiazole rings is 1. The predicted molar refractivity (Wildman–Crippen MR) is 101 cm³/mol. The number of nitrogens with zero attached hydrogens (tertiary/aromatic N) is 3. The van der Waals surface area contributed by atoms with E-state index in [-0.39, 0.29) is 12.1 Å². The number of aromatic nitrogens is 3. The normalized spacial score (nSPS) is 16.5. The number of carbonyl (C=O) groups is 1. The average Bonchev–Trinajstić information content (AvgIpc) is 3.39. The van der Waals surface area contributed by atoms with Crippen LogP contribution in [0.5, 0.6) is 0 Å². The smallest absolute Gasteiger partial charge is 0.325 e. The second-order valence-corrected chi connectivity index (χ2v) is 7.09. The van der Waals surface area contributed by atoms with Gasteiger partial charge in [-0.05, 0) is 18.4 Å². The summed E-state index contributed by atoms with van der Waals surface area (Å²) < 4.78 is 7.39. The molecule has 8 heteroatoms. The van der Waals surface area contributed by atoms with Crippen LogP contribution in [0.4, 0.5) is 15.6 Å². The Bertz CT molecular complexity index is 871. The quantitative estimate of drug-likeness (QED) is 0.716. The van der Waals surface area contributed by atoms with Crippen LogP contribution in [0.25, 0.3) is 10.4 Å². The van der Waals surface area contributed by atoms with Gasteiger partial charge in [-0.1, -0.05) is 41.7 Å². The van der Waals surface area contributed by atoms with Crippen molar-refractivity contribution in [3.8, 4) is 10.4 Å². The Morgan fingerprint density at radius 3 is 2.96 bits per heavy atom. The van der Waals surface area contributed by atoms with Crippen LogP contribution in [0.15, 0.2) is 48.9 Å². The van der Waals surface area contributed by atoms with Gasteiger partial charge in [0.2, 0.25) is 0 Å². The van der Waals surface area contributed by atoms with Gasteiger partial charge >= 0.3 is 6.03 Å². The average molecular weight is 369 g/mol. The van der Waals surface area contributed by atoms with Gasteiger partial charge in [0.1, 0.15) is 0 Å². The van der Waals surface area contributed by atoms with Crippen molar-refractivity contribution in [1.29, 1.82) is 0 Å². The lowest BCUT2D eigenvalue weighted by molar-refractivity contribution is 0.0940. The molecule has 1 aliphatic heterocycles. The first-order valence-corrected chi connectivity index (χ1v) is 9.31. The van der Waals surface area contributed by atoms with Crippen molar-refractivity contribution in [1.82, 2.24) is 14.8 Å². The zero-order valence-corrected chi connectivity index (χ0v) is 14.9. The van der Waals surface area contributed by atoms with Crippen molar-refractivity contribution >= 4 is 28.2 Å². The van der Waals surface area contributed by atoms with Crippen LogP contribution in [-0.4, -0.2) is 33.5 Å². The van der Waals surface area contributed by atoms with E-state index in [0.29, 0.717) is 17.4 Å². The first-order valence-electron chi connectivity index (χ1n) is 8.49. The summed E-state index contributed by atoms with van der Waals surface area (Å²) in [7, 11) is 0. The molecule has 1 fully saturated rings. The predicted octanol–water partition coefficient (Wildman–Crippen LogP) is 3.83. The van der Waals surface area contributed by atoms with E-state index in [4.69, 9.17) is 4.74 Å². The molecule has 0 radical (unpaired) electrons. The SMILES string of the molecule is O=C(Nc1cnn(CC2CCCO2)c1)Nc1ncc(-c2ccccc2)s1.